The lowest BCUT2D eigenvalue weighted by Crippen LogP contribution is -2.32. The van der Waals surface area contributed by atoms with Crippen LogP contribution < -0.4 is 4.90 Å². The molecule has 0 unspecified atom stereocenters. The van der Waals surface area contributed by atoms with Crippen molar-refractivity contribution in [3.63, 3.8) is 0 Å². The van der Waals surface area contributed by atoms with Crippen molar-refractivity contribution in [2.75, 3.05) is 18.5 Å². The van der Waals surface area contributed by atoms with Crippen LogP contribution in [-0.2, 0) is 4.79 Å². The molecule has 3 rings (SSSR count). The predicted octanol–water partition coefficient (Wildman–Crippen LogP) is 3.49. The number of para-hydroxylation sites is 1. The van der Waals surface area contributed by atoms with E-state index in [0.29, 0.717) is 17.5 Å². The number of anilines is 1. The van der Waals surface area contributed by atoms with Gasteiger partial charge >= 0.3 is 0 Å². The van der Waals surface area contributed by atoms with Crippen LogP contribution in [0, 0.1) is 0 Å². The van der Waals surface area contributed by atoms with Crippen molar-refractivity contribution in [3.8, 4) is 0 Å². The highest BCUT2D eigenvalue weighted by Gasteiger charge is 2.35. The highest BCUT2D eigenvalue weighted by Crippen LogP contribution is 2.26. The Morgan fingerprint density at radius 1 is 1.04 bits per heavy atom. The summed E-state index contributed by atoms with van der Waals surface area (Å²) in [4.78, 5) is 39.8. The van der Waals surface area contributed by atoms with Crippen LogP contribution in [0.5, 0.6) is 0 Å². The Balaban J connectivity index is 1.59. The summed E-state index contributed by atoms with van der Waals surface area (Å²) in [6.07, 6.45) is 0.700. The minimum absolute atomic E-state index is 0.0504. The van der Waals surface area contributed by atoms with Crippen molar-refractivity contribution < 1.29 is 14.4 Å². The van der Waals surface area contributed by atoms with E-state index in [-0.39, 0.29) is 30.7 Å². The molecule has 1 aliphatic heterocycles. The van der Waals surface area contributed by atoms with Crippen LogP contribution in [0.2, 0.25) is 0 Å². The fourth-order valence-corrected chi connectivity index (χ4v) is 3.18. The standard InChI is InChI=1S/C19H17BrN2O3/c1-21(14-6-3-2-4-7-14)17(23)8-5-11-22-18(24)15-10-9-13(20)12-16(15)19(22)25/h2-4,6-7,9-10,12H,5,8,11H2,1H3. The molecule has 0 fully saturated rings. The van der Waals surface area contributed by atoms with Gasteiger partial charge in [-0.3, -0.25) is 19.3 Å². The van der Waals surface area contributed by atoms with Crippen molar-refractivity contribution in [1.29, 1.82) is 0 Å². The number of carbonyl (C=O) groups is 3. The third-order valence-electron chi connectivity index (χ3n) is 4.22. The van der Waals surface area contributed by atoms with Crippen LogP contribution in [0.3, 0.4) is 0 Å². The fraction of sp³-hybridized carbons (Fsp3) is 0.211. The minimum Gasteiger partial charge on any atom is -0.316 e. The van der Waals surface area contributed by atoms with Crippen LogP contribution in [0.15, 0.2) is 53.0 Å². The third-order valence-corrected chi connectivity index (χ3v) is 4.72. The van der Waals surface area contributed by atoms with Gasteiger partial charge < -0.3 is 4.90 Å². The number of carbonyl (C=O) groups excluding carboxylic acids is 3. The first-order valence-electron chi connectivity index (χ1n) is 7.96. The molecular weight excluding hydrogens is 384 g/mol. The largest absolute Gasteiger partial charge is 0.316 e. The van der Waals surface area contributed by atoms with E-state index < -0.39 is 0 Å². The van der Waals surface area contributed by atoms with Crippen LogP contribution in [0.4, 0.5) is 5.69 Å². The molecule has 2 aromatic carbocycles. The highest BCUT2D eigenvalue weighted by molar-refractivity contribution is 9.10. The Kier molecular flexibility index (Phi) is 4.99. The molecule has 1 aliphatic rings. The molecule has 1 heterocycles. The van der Waals surface area contributed by atoms with Crippen LogP contribution in [0.1, 0.15) is 33.6 Å². The lowest BCUT2D eigenvalue weighted by molar-refractivity contribution is -0.118. The van der Waals surface area contributed by atoms with E-state index in [2.05, 4.69) is 15.9 Å². The smallest absolute Gasteiger partial charge is 0.261 e. The van der Waals surface area contributed by atoms with E-state index in [1.54, 1.807) is 30.1 Å². The number of imide groups is 1. The molecule has 0 aromatic heterocycles. The zero-order valence-corrected chi connectivity index (χ0v) is 15.3. The highest BCUT2D eigenvalue weighted by atomic mass is 79.9. The number of halogens is 1. The van der Waals surface area contributed by atoms with E-state index in [0.717, 1.165) is 10.2 Å². The molecule has 5 nitrogen and oxygen atoms in total. The molecular formula is C19H17BrN2O3. The van der Waals surface area contributed by atoms with Gasteiger partial charge in [-0.2, -0.15) is 0 Å². The Morgan fingerprint density at radius 3 is 2.44 bits per heavy atom. The Hall–Kier alpha value is -2.47. The Morgan fingerprint density at radius 2 is 1.72 bits per heavy atom. The predicted molar refractivity (Wildman–Crippen MR) is 98.6 cm³/mol. The minimum atomic E-state index is -0.301. The van der Waals surface area contributed by atoms with Gasteiger partial charge in [0.1, 0.15) is 0 Å². The molecule has 0 aliphatic carbocycles. The van der Waals surface area contributed by atoms with Crippen molar-refractivity contribution in [3.05, 3.63) is 64.1 Å². The van der Waals surface area contributed by atoms with E-state index in [9.17, 15) is 14.4 Å². The summed E-state index contributed by atoms with van der Waals surface area (Å²) in [7, 11) is 1.72. The molecule has 0 radical (unpaired) electrons. The number of rotatable bonds is 5. The van der Waals surface area contributed by atoms with Gasteiger partial charge in [0.05, 0.1) is 11.1 Å². The first-order chi connectivity index (χ1) is 12.0. The van der Waals surface area contributed by atoms with Crippen LogP contribution >= 0.6 is 15.9 Å². The summed E-state index contributed by atoms with van der Waals surface area (Å²) in [5.74, 6) is -0.646. The van der Waals surface area contributed by atoms with Gasteiger partial charge in [-0.25, -0.2) is 0 Å². The van der Waals surface area contributed by atoms with E-state index in [1.807, 2.05) is 30.3 Å². The van der Waals surface area contributed by atoms with Gasteiger partial charge in [0.2, 0.25) is 5.91 Å². The summed E-state index contributed by atoms with van der Waals surface area (Å²) in [5, 5.41) is 0. The maximum absolute atomic E-state index is 12.4. The first-order valence-corrected chi connectivity index (χ1v) is 8.75. The summed E-state index contributed by atoms with van der Waals surface area (Å²) in [5.41, 5.74) is 1.64. The van der Waals surface area contributed by atoms with Gasteiger partial charge in [-0.05, 0) is 36.8 Å². The second-order valence-corrected chi connectivity index (χ2v) is 6.76. The molecule has 3 amide bonds. The monoisotopic (exact) mass is 400 g/mol. The zero-order valence-electron chi connectivity index (χ0n) is 13.7. The molecule has 128 valence electrons. The van der Waals surface area contributed by atoms with E-state index in [4.69, 9.17) is 0 Å². The zero-order chi connectivity index (χ0) is 18.0. The SMILES string of the molecule is CN(C(=O)CCCN1C(=O)c2ccc(Br)cc2C1=O)c1ccccc1. The van der Waals surface area contributed by atoms with Gasteiger partial charge in [0.15, 0.2) is 0 Å². The average Bonchev–Trinajstić information content (AvgIpc) is 2.86. The van der Waals surface area contributed by atoms with Crippen molar-refractivity contribution >= 4 is 39.3 Å². The second kappa shape index (κ2) is 7.19. The Bertz CT molecular complexity index is 836. The average molecular weight is 401 g/mol. The van der Waals surface area contributed by atoms with Crippen LogP contribution in [-0.4, -0.2) is 36.2 Å². The first kappa shape index (κ1) is 17.4. The van der Waals surface area contributed by atoms with Gasteiger partial charge in [0, 0.05) is 30.2 Å². The molecule has 2 aromatic rings. The van der Waals surface area contributed by atoms with Gasteiger partial charge in [0.25, 0.3) is 11.8 Å². The number of hydrogen-bond acceptors (Lipinski definition) is 3. The molecule has 0 atom stereocenters. The third kappa shape index (κ3) is 3.49. The number of amides is 3. The maximum atomic E-state index is 12.4. The second-order valence-electron chi connectivity index (χ2n) is 5.84. The molecule has 0 saturated heterocycles. The van der Waals surface area contributed by atoms with E-state index in [1.165, 1.54) is 4.90 Å². The lowest BCUT2D eigenvalue weighted by Gasteiger charge is -2.18. The van der Waals surface area contributed by atoms with Gasteiger partial charge in [-0.1, -0.05) is 34.1 Å². The van der Waals surface area contributed by atoms with Crippen molar-refractivity contribution in [1.82, 2.24) is 4.90 Å². The van der Waals surface area contributed by atoms with Crippen molar-refractivity contribution in [2.24, 2.45) is 0 Å². The number of nitrogens with zero attached hydrogens (tertiary/aromatic N) is 2. The summed E-state index contributed by atoms with van der Waals surface area (Å²) < 4.78 is 0.758. The van der Waals surface area contributed by atoms with Gasteiger partial charge in [-0.15, -0.1) is 0 Å². The maximum Gasteiger partial charge on any atom is 0.261 e. The lowest BCUT2D eigenvalue weighted by atomic mass is 10.1. The molecule has 6 heteroatoms. The molecule has 25 heavy (non-hydrogen) atoms. The Labute approximate surface area is 154 Å². The summed E-state index contributed by atoms with van der Waals surface area (Å²) in [6.45, 7) is 0.234. The molecule has 0 saturated carbocycles. The quantitative estimate of drug-likeness (QED) is 0.721. The van der Waals surface area contributed by atoms with Crippen LogP contribution in [0.25, 0.3) is 0 Å². The fourth-order valence-electron chi connectivity index (χ4n) is 2.82. The topological polar surface area (TPSA) is 57.7 Å². The normalized spacial score (nSPS) is 13.1. The number of benzene rings is 2. The number of hydrogen-bond donors (Lipinski definition) is 0. The molecule has 0 spiro atoms. The summed E-state index contributed by atoms with van der Waals surface area (Å²) in [6, 6.07) is 14.4. The van der Waals surface area contributed by atoms with Crippen molar-refractivity contribution in [2.45, 2.75) is 12.8 Å². The molecule has 0 bridgehead atoms. The summed E-state index contributed by atoms with van der Waals surface area (Å²) >= 11 is 3.31. The molecule has 0 N–H and O–H groups in total. The van der Waals surface area contributed by atoms with E-state index >= 15 is 0 Å². The number of fused-ring (bicyclic) bond motifs is 1.